The van der Waals surface area contributed by atoms with Gasteiger partial charge in [-0.15, -0.1) is 10.2 Å². The molecule has 0 fully saturated rings. The van der Waals surface area contributed by atoms with E-state index in [2.05, 4.69) is 10.2 Å². The van der Waals surface area contributed by atoms with E-state index in [1.165, 1.54) is 25.3 Å². The van der Waals surface area contributed by atoms with Crippen LogP contribution in [-0.2, 0) is 6.61 Å². The zero-order valence-corrected chi connectivity index (χ0v) is 20.2. The Morgan fingerprint density at radius 2 is 1.81 bits per heavy atom. The van der Waals surface area contributed by atoms with Crippen molar-refractivity contribution in [2.45, 2.75) is 23.9 Å². The van der Waals surface area contributed by atoms with Crippen LogP contribution in [0.5, 0.6) is 11.5 Å². The van der Waals surface area contributed by atoms with Crippen molar-refractivity contribution in [2.75, 3.05) is 13.7 Å². The molecule has 0 radical (unpaired) electrons. The molecule has 0 amide bonds. The molecular weight excluding hydrogens is 490 g/mol. The Morgan fingerprint density at radius 3 is 2.50 bits per heavy atom. The number of thioether (sulfide) groups is 1. The maximum absolute atomic E-state index is 13.9. The summed E-state index contributed by atoms with van der Waals surface area (Å²) in [7, 11) is 1.46. The number of hydrogen-bond donors (Lipinski definition) is 0. The summed E-state index contributed by atoms with van der Waals surface area (Å²) in [5.74, 6) is 0.525. The lowest BCUT2D eigenvalue weighted by molar-refractivity contribution is -0.479. The molecule has 4 aromatic rings. The van der Waals surface area contributed by atoms with Crippen molar-refractivity contribution in [3.63, 3.8) is 0 Å². The van der Waals surface area contributed by atoms with E-state index < -0.39 is 16.7 Å². The highest BCUT2D eigenvalue weighted by Crippen LogP contribution is 2.39. The van der Waals surface area contributed by atoms with Crippen LogP contribution in [-0.4, -0.2) is 33.3 Å². The summed E-state index contributed by atoms with van der Waals surface area (Å²) in [5, 5.41) is 19.6. The predicted molar refractivity (Wildman–Crippen MR) is 130 cm³/mol. The van der Waals surface area contributed by atoms with Crippen molar-refractivity contribution in [3.8, 4) is 17.2 Å². The van der Waals surface area contributed by atoms with Crippen LogP contribution < -0.4 is 9.47 Å². The lowest BCUT2D eigenvalue weighted by Gasteiger charge is -2.17. The fourth-order valence-corrected chi connectivity index (χ4v) is 4.72. The van der Waals surface area contributed by atoms with Crippen LogP contribution in [0.15, 0.2) is 71.9 Å². The third-order valence-corrected chi connectivity index (χ3v) is 6.52. The Kier molecular flexibility index (Phi) is 7.79. The van der Waals surface area contributed by atoms with Gasteiger partial charge in [0.15, 0.2) is 16.7 Å². The van der Waals surface area contributed by atoms with Gasteiger partial charge >= 0.3 is 0 Å². The molecule has 4 rings (SSSR count). The van der Waals surface area contributed by atoms with Crippen molar-refractivity contribution in [2.24, 2.45) is 0 Å². The van der Waals surface area contributed by atoms with Crippen LogP contribution in [0.2, 0.25) is 0 Å². The highest BCUT2D eigenvalue weighted by Gasteiger charge is 2.25. The number of ether oxygens (including phenoxy) is 2. The van der Waals surface area contributed by atoms with Gasteiger partial charge in [-0.05, 0) is 55.0 Å². The summed E-state index contributed by atoms with van der Waals surface area (Å²) >= 11 is 1.16. The molecule has 0 aliphatic heterocycles. The average Bonchev–Trinajstić information content (AvgIpc) is 3.23. The SMILES string of the molecule is COc1cc([C@@H](C[N+](=O)[O-])Sc2nnc(C)n2-c2ccc(F)cc2)ccc1OCc1ccccc1F. The third kappa shape index (κ3) is 5.80. The molecule has 36 heavy (non-hydrogen) atoms. The number of nitro groups is 1. The molecule has 0 aliphatic carbocycles. The topological polar surface area (TPSA) is 92.3 Å². The van der Waals surface area contributed by atoms with Crippen LogP contribution in [0.25, 0.3) is 5.69 Å². The summed E-state index contributed by atoms with van der Waals surface area (Å²) in [5.41, 5.74) is 1.63. The molecule has 3 aromatic carbocycles. The van der Waals surface area contributed by atoms with Gasteiger partial charge in [-0.3, -0.25) is 14.7 Å². The van der Waals surface area contributed by atoms with Crippen LogP contribution >= 0.6 is 11.8 Å². The number of aryl methyl sites for hydroxylation is 1. The average molecular weight is 513 g/mol. The number of halogens is 2. The highest BCUT2D eigenvalue weighted by molar-refractivity contribution is 7.99. The van der Waals surface area contributed by atoms with Gasteiger partial charge < -0.3 is 9.47 Å². The van der Waals surface area contributed by atoms with Crippen LogP contribution in [0.4, 0.5) is 8.78 Å². The molecule has 186 valence electrons. The maximum Gasteiger partial charge on any atom is 0.220 e. The van der Waals surface area contributed by atoms with Crippen molar-refractivity contribution in [1.82, 2.24) is 14.8 Å². The van der Waals surface area contributed by atoms with Crippen LogP contribution in [0, 0.1) is 28.7 Å². The maximum atomic E-state index is 13.9. The standard InChI is InChI=1S/C25H22F2N4O4S/c1-16-28-29-25(31(16)20-10-8-19(26)9-11-20)36-24(14-30(32)33)17-7-12-22(23(13-17)34-2)35-15-18-5-3-4-6-21(18)27/h3-13,24H,14-15H2,1-2H3/t24-/m1/s1. The summed E-state index contributed by atoms with van der Waals surface area (Å²) in [6.07, 6.45) is 0. The van der Waals surface area contributed by atoms with Gasteiger partial charge in [-0.1, -0.05) is 36.0 Å². The summed E-state index contributed by atoms with van der Waals surface area (Å²) < 4.78 is 40.3. The minimum atomic E-state index is -0.641. The van der Waals surface area contributed by atoms with Crippen molar-refractivity contribution in [1.29, 1.82) is 0 Å². The van der Waals surface area contributed by atoms with Crippen LogP contribution in [0.1, 0.15) is 22.2 Å². The number of benzene rings is 3. The second-order valence-electron chi connectivity index (χ2n) is 7.75. The van der Waals surface area contributed by atoms with Gasteiger partial charge in [0.1, 0.15) is 29.3 Å². The normalized spacial score (nSPS) is 11.8. The predicted octanol–water partition coefficient (Wildman–Crippen LogP) is 5.55. The Hall–Kier alpha value is -3.99. The van der Waals surface area contributed by atoms with Crippen molar-refractivity contribution < 1.29 is 23.2 Å². The number of methoxy groups -OCH3 is 1. The van der Waals surface area contributed by atoms with E-state index in [-0.39, 0.29) is 18.2 Å². The fourth-order valence-electron chi connectivity index (χ4n) is 3.55. The zero-order valence-electron chi connectivity index (χ0n) is 19.4. The van der Waals surface area contributed by atoms with E-state index in [1.807, 2.05) is 0 Å². The number of rotatable bonds is 10. The molecule has 0 unspecified atom stereocenters. The largest absolute Gasteiger partial charge is 0.493 e. The molecule has 8 nitrogen and oxygen atoms in total. The minimum absolute atomic E-state index is 0.00446. The summed E-state index contributed by atoms with van der Waals surface area (Å²) in [6.45, 7) is 1.35. The molecule has 1 atom stereocenters. The van der Waals surface area contributed by atoms with Crippen molar-refractivity contribution >= 4 is 11.8 Å². The van der Waals surface area contributed by atoms with E-state index in [0.717, 1.165) is 11.8 Å². The Balaban J connectivity index is 1.61. The number of hydrogen-bond acceptors (Lipinski definition) is 7. The molecule has 1 aromatic heterocycles. The van der Waals surface area contributed by atoms with Gasteiger partial charge in [-0.2, -0.15) is 0 Å². The lowest BCUT2D eigenvalue weighted by Crippen LogP contribution is -2.11. The number of nitrogens with zero attached hydrogens (tertiary/aromatic N) is 4. The smallest absolute Gasteiger partial charge is 0.220 e. The van der Waals surface area contributed by atoms with Gasteiger partial charge in [0, 0.05) is 16.2 Å². The first kappa shape index (κ1) is 25.1. The Labute approximate surface area is 210 Å². The second kappa shape index (κ2) is 11.2. The summed E-state index contributed by atoms with van der Waals surface area (Å²) in [6, 6.07) is 17.1. The molecule has 0 bridgehead atoms. The Bertz CT molecular complexity index is 1360. The lowest BCUT2D eigenvalue weighted by atomic mass is 10.1. The Morgan fingerprint density at radius 1 is 1.06 bits per heavy atom. The van der Waals surface area contributed by atoms with Gasteiger partial charge in [-0.25, -0.2) is 8.78 Å². The molecule has 0 saturated carbocycles. The first-order valence-electron chi connectivity index (χ1n) is 10.9. The second-order valence-corrected chi connectivity index (χ2v) is 8.92. The van der Waals surface area contributed by atoms with Gasteiger partial charge in [0.2, 0.25) is 6.54 Å². The molecular formula is C25H22F2N4O4S. The first-order chi connectivity index (χ1) is 17.4. The molecule has 1 heterocycles. The molecule has 0 spiro atoms. The third-order valence-electron chi connectivity index (χ3n) is 5.34. The van der Waals surface area contributed by atoms with Gasteiger partial charge in [0.25, 0.3) is 0 Å². The molecule has 0 N–H and O–H groups in total. The molecule has 0 saturated heterocycles. The van der Waals surface area contributed by atoms with E-state index in [9.17, 15) is 18.9 Å². The fraction of sp³-hybridized carbons (Fsp3) is 0.200. The highest BCUT2D eigenvalue weighted by atomic mass is 32.2. The molecule has 11 heteroatoms. The zero-order chi connectivity index (χ0) is 25.7. The van der Waals surface area contributed by atoms with Crippen molar-refractivity contribution in [3.05, 3.63) is 105 Å². The van der Waals surface area contributed by atoms with E-state index in [1.54, 1.807) is 60.0 Å². The number of aromatic nitrogens is 3. The molecule has 0 aliphatic rings. The van der Waals surface area contributed by atoms with E-state index in [4.69, 9.17) is 9.47 Å². The van der Waals surface area contributed by atoms with Gasteiger partial charge in [0.05, 0.1) is 7.11 Å². The first-order valence-corrected chi connectivity index (χ1v) is 11.7. The minimum Gasteiger partial charge on any atom is -0.493 e. The van der Waals surface area contributed by atoms with Crippen LogP contribution in [0.3, 0.4) is 0 Å². The quantitative estimate of drug-likeness (QED) is 0.156. The summed E-state index contributed by atoms with van der Waals surface area (Å²) in [4.78, 5) is 11.1. The monoisotopic (exact) mass is 512 g/mol. The van der Waals surface area contributed by atoms with E-state index >= 15 is 0 Å². The van der Waals surface area contributed by atoms with E-state index in [0.29, 0.717) is 39.3 Å².